The molecule has 15 nitrogen and oxygen atoms in total. The van der Waals surface area contributed by atoms with Crippen LogP contribution in [0.5, 0.6) is 0 Å². The molecule has 1 aliphatic rings. The average molecular weight is 837 g/mol. The molecule has 2 aromatic carbocycles. The molecular weight excluding hydrogens is 781 g/mol. The lowest BCUT2D eigenvalue weighted by atomic mass is 9.85. The molecule has 310 valence electrons. The zero-order chi connectivity index (χ0) is 40.1. The molecule has 4 N–H and O–H groups in total. The topological polar surface area (TPSA) is 191 Å². The van der Waals surface area contributed by atoms with Crippen molar-refractivity contribution in [2.45, 2.75) is 49.3 Å². The number of benzene rings is 2. The molecule has 0 saturated heterocycles. The van der Waals surface area contributed by atoms with E-state index in [1.54, 1.807) is 24.3 Å². The molecule has 1 aliphatic heterocycles. The molecule has 0 aliphatic carbocycles. The molecule has 0 spiro atoms. The number of aliphatic hydroxyl groups excluding tert-OH is 2. The first kappa shape index (κ1) is 47.1. The number of hydrogen-bond acceptors (Lipinski definition) is 13. The fraction of sp³-hybridized carbons (Fsp3) is 0.622. The highest BCUT2D eigenvalue weighted by atomic mass is 35.5. The van der Waals surface area contributed by atoms with Crippen molar-refractivity contribution in [2.24, 2.45) is 0 Å². The number of hydrogen-bond donors (Lipinski definition) is 4. The van der Waals surface area contributed by atoms with Crippen LogP contribution in [-0.4, -0.2) is 153 Å². The normalized spacial score (nSPS) is 15.8. The Labute approximate surface area is 333 Å². The second-order valence-corrected chi connectivity index (χ2v) is 15.3. The summed E-state index contributed by atoms with van der Waals surface area (Å²) in [6, 6.07) is 10.5. The largest absolute Gasteiger partial charge is 0.382 e. The van der Waals surface area contributed by atoms with Crippen LogP contribution < -0.4 is 10.0 Å². The molecule has 55 heavy (non-hydrogen) atoms. The van der Waals surface area contributed by atoms with Crippen molar-refractivity contribution in [3.8, 4) is 0 Å². The van der Waals surface area contributed by atoms with Gasteiger partial charge in [-0.1, -0.05) is 35.3 Å². The summed E-state index contributed by atoms with van der Waals surface area (Å²) in [5.41, 5.74) is 2.83. The van der Waals surface area contributed by atoms with Gasteiger partial charge in [0.1, 0.15) is 6.10 Å². The molecular formula is C37H55Cl2N3O12S. The summed E-state index contributed by atoms with van der Waals surface area (Å²) >= 11 is 12.8. The molecule has 3 atom stereocenters. The maximum atomic E-state index is 13.1. The van der Waals surface area contributed by atoms with Crippen molar-refractivity contribution < 1.29 is 56.6 Å². The minimum atomic E-state index is -3.79. The zero-order valence-corrected chi connectivity index (χ0v) is 33.8. The van der Waals surface area contributed by atoms with Gasteiger partial charge in [0.25, 0.3) is 5.91 Å². The lowest BCUT2D eigenvalue weighted by Crippen LogP contribution is -2.46. The van der Waals surface area contributed by atoms with Crippen molar-refractivity contribution in [1.82, 2.24) is 14.9 Å². The van der Waals surface area contributed by atoms with Crippen molar-refractivity contribution in [2.75, 3.05) is 106 Å². The standard InChI is InChI=1S/C37H55Cl2N3O12S/c1-3-49-14-15-53-19-16-50-11-5-8-34(43)35(44)36(45)37(46)40-9-12-51-17-20-54-21-18-52-13-10-41-55(47,48)29-7-4-6-27(22-29)31-25-42(2)26-32-30(31)23-28(38)24-33(32)39/h4,6-7,22-24,31,35-36,41,44-45H,3,5,8-21,25-26H2,1-2H3,(H,40,46). The monoisotopic (exact) mass is 835 g/mol. The first-order valence-electron chi connectivity index (χ1n) is 18.3. The lowest BCUT2D eigenvalue weighted by molar-refractivity contribution is -0.145. The van der Waals surface area contributed by atoms with E-state index in [1.807, 2.05) is 26.1 Å². The number of Topliss-reactive ketones (excluding diaryl/α,β-unsaturated/α-hetero) is 1. The van der Waals surface area contributed by atoms with Crippen LogP contribution in [0.4, 0.5) is 0 Å². The van der Waals surface area contributed by atoms with E-state index in [1.165, 1.54) is 0 Å². The summed E-state index contributed by atoms with van der Waals surface area (Å²) in [4.78, 5) is 26.5. The van der Waals surface area contributed by atoms with Gasteiger partial charge in [0.05, 0.1) is 71.0 Å². The summed E-state index contributed by atoms with van der Waals surface area (Å²) in [6.07, 6.45) is -3.47. The minimum Gasteiger partial charge on any atom is -0.382 e. The van der Waals surface area contributed by atoms with E-state index in [-0.39, 0.29) is 76.6 Å². The number of ether oxygens (including phenoxy) is 6. The number of carbonyl (C=O) groups is 2. The number of carbonyl (C=O) groups excluding carboxylic acids is 2. The van der Waals surface area contributed by atoms with Crippen molar-refractivity contribution in [3.05, 3.63) is 63.1 Å². The van der Waals surface area contributed by atoms with Crippen LogP contribution >= 0.6 is 23.2 Å². The van der Waals surface area contributed by atoms with Gasteiger partial charge in [-0.05, 0) is 61.3 Å². The Morgan fingerprint density at radius 2 is 1.44 bits per heavy atom. The van der Waals surface area contributed by atoms with Crippen LogP contribution in [-0.2, 0) is 54.6 Å². The third-order valence-corrected chi connectivity index (χ3v) is 10.5. The third-order valence-electron chi connectivity index (χ3n) is 8.45. The summed E-state index contributed by atoms with van der Waals surface area (Å²) < 4.78 is 60.8. The molecule has 2 aromatic rings. The number of ketones is 1. The van der Waals surface area contributed by atoms with E-state index in [0.29, 0.717) is 62.6 Å². The molecule has 3 rings (SSSR count). The molecule has 1 amide bonds. The van der Waals surface area contributed by atoms with Crippen LogP contribution in [0.15, 0.2) is 41.3 Å². The maximum Gasteiger partial charge on any atom is 0.252 e. The number of fused-ring (bicyclic) bond motifs is 1. The fourth-order valence-electron chi connectivity index (χ4n) is 5.65. The highest BCUT2D eigenvalue weighted by molar-refractivity contribution is 7.89. The fourth-order valence-corrected chi connectivity index (χ4v) is 7.29. The van der Waals surface area contributed by atoms with Gasteiger partial charge >= 0.3 is 0 Å². The van der Waals surface area contributed by atoms with E-state index in [4.69, 9.17) is 51.6 Å². The predicted molar refractivity (Wildman–Crippen MR) is 206 cm³/mol. The van der Waals surface area contributed by atoms with Gasteiger partial charge in [-0.2, -0.15) is 0 Å². The smallest absolute Gasteiger partial charge is 0.252 e. The van der Waals surface area contributed by atoms with Crippen molar-refractivity contribution in [3.63, 3.8) is 0 Å². The van der Waals surface area contributed by atoms with E-state index in [9.17, 15) is 28.2 Å². The number of nitrogens with one attached hydrogen (secondary N) is 2. The first-order valence-corrected chi connectivity index (χ1v) is 20.6. The van der Waals surface area contributed by atoms with Gasteiger partial charge in [-0.3, -0.25) is 9.59 Å². The predicted octanol–water partition coefficient (Wildman–Crippen LogP) is 2.16. The molecule has 3 unspecified atom stereocenters. The van der Waals surface area contributed by atoms with E-state index in [2.05, 4.69) is 14.9 Å². The van der Waals surface area contributed by atoms with Crippen LogP contribution in [0.1, 0.15) is 42.4 Å². The molecule has 0 aromatic heterocycles. The quantitative estimate of drug-likeness (QED) is 0.0874. The van der Waals surface area contributed by atoms with Gasteiger partial charge < -0.3 is 48.9 Å². The van der Waals surface area contributed by atoms with Crippen LogP contribution in [0, 0.1) is 0 Å². The third kappa shape index (κ3) is 17.0. The summed E-state index contributed by atoms with van der Waals surface area (Å²) in [7, 11) is -1.80. The Kier molecular flexibility index (Phi) is 22.1. The average Bonchev–Trinajstić information content (AvgIpc) is 3.16. The van der Waals surface area contributed by atoms with Crippen molar-refractivity contribution in [1.29, 1.82) is 0 Å². The van der Waals surface area contributed by atoms with Gasteiger partial charge in [-0.15, -0.1) is 0 Å². The van der Waals surface area contributed by atoms with Crippen LogP contribution in [0.25, 0.3) is 0 Å². The molecule has 0 radical (unpaired) electrons. The second-order valence-electron chi connectivity index (χ2n) is 12.7. The van der Waals surface area contributed by atoms with Crippen molar-refractivity contribution >= 4 is 44.9 Å². The Morgan fingerprint density at radius 1 is 0.836 bits per heavy atom. The highest BCUT2D eigenvalue weighted by Gasteiger charge is 2.30. The van der Waals surface area contributed by atoms with Gasteiger partial charge in [-0.25, -0.2) is 13.1 Å². The number of aliphatic hydroxyl groups is 2. The number of likely N-dealkylation sites (N-methyl/N-ethyl adjacent to an activating group) is 1. The first-order chi connectivity index (χ1) is 26.4. The molecule has 0 bridgehead atoms. The summed E-state index contributed by atoms with van der Waals surface area (Å²) in [5.74, 6) is -1.64. The Bertz CT molecular complexity index is 1570. The molecule has 18 heteroatoms. The lowest BCUT2D eigenvalue weighted by Gasteiger charge is -2.33. The molecule has 0 fully saturated rings. The van der Waals surface area contributed by atoms with Crippen LogP contribution in [0.3, 0.4) is 0 Å². The van der Waals surface area contributed by atoms with E-state index >= 15 is 0 Å². The molecule has 1 heterocycles. The van der Waals surface area contributed by atoms with Gasteiger partial charge in [0, 0.05) is 61.8 Å². The SMILES string of the molecule is CCOCCOCCOCCCC(=O)C(O)C(O)C(=O)NCCOCCOCCOCCNS(=O)(=O)c1cccc(C2CN(C)Cc3c(Cl)cc(Cl)cc32)c1. The van der Waals surface area contributed by atoms with E-state index < -0.39 is 33.9 Å². The summed E-state index contributed by atoms with van der Waals surface area (Å²) in [6.45, 7) is 7.26. The zero-order valence-electron chi connectivity index (χ0n) is 31.5. The highest BCUT2D eigenvalue weighted by Crippen LogP contribution is 2.38. The second kappa shape index (κ2) is 25.9. The van der Waals surface area contributed by atoms with E-state index in [0.717, 1.165) is 16.7 Å². The number of nitrogens with zero attached hydrogens (tertiary/aromatic N) is 1. The number of rotatable bonds is 29. The number of sulfonamides is 1. The van der Waals surface area contributed by atoms with Crippen LogP contribution in [0.2, 0.25) is 10.0 Å². The minimum absolute atomic E-state index is 0.0518. The Morgan fingerprint density at radius 3 is 2.09 bits per heavy atom. The summed E-state index contributed by atoms with van der Waals surface area (Å²) in [5, 5.41) is 23.6. The number of halogens is 2. The van der Waals surface area contributed by atoms with Gasteiger partial charge in [0.15, 0.2) is 11.9 Å². The van der Waals surface area contributed by atoms with Gasteiger partial charge in [0.2, 0.25) is 10.0 Å². The molecule has 0 saturated carbocycles. The number of amides is 1. The Hall–Kier alpha value is -2.29. The Balaban J connectivity index is 1.20. The maximum absolute atomic E-state index is 13.1.